The summed E-state index contributed by atoms with van der Waals surface area (Å²) in [4.78, 5) is 11.1. The van der Waals surface area contributed by atoms with Crippen LogP contribution in [0.15, 0.2) is 48.5 Å². The van der Waals surface area contributed by atoms with E-state index in [1.165, 1.54) is 5.56 Å². The largest absolute Gasteiger partial charge is 0.385 e. The molecule has 2 aromatic carbocycles. The van der Waals surface area contributed by atoms with E-state index >= 15 is 0 Å². The van der Waals surface area contributed by atoms with Crippen molar-refractivity contribution >= 4 is 11.6 Å². The highest BCUT2D eigenvalue weighted by molar-refractivity contribution is 5.93. The zero-order chi connectivity index (χ0) is 14.4. The van der Waals surface area contributed by atoms with Crippen molar-refractivity contribution < 1.29 is 4.79 Å². The third kappa shape index (κ3) is 3.85. The van der Waals surface area contributed by atoms with Gasteiger partial charge in [-0.25, -0.2) is 0 Å². The first-order valence-corrected chi connectivity index (χ1v) is 6.85. The molecule has 3 heteroatoms. The van der Waals surface area contributed by atoms with Gasteiger partial charge in [-0.3, -0.25) is 4.79 Å². The summed E-state index contributed by atoms with van der Waals surface area (Å²) in [6, 6.07) is 15.9. The summed E-state index contributed by atoms with van der Waals surface area (Å²) in [6.07, 6.45) is 2.13. The second-order valence-corrected chi connectivity index (χ2v) is 4.91. The Kier molecular flexibility index (Phi) is 4.77. The molecule has 104 valence electrons. The van der Waals surface area contributed by atoms with Crippen LogP contribution in [0.1, 0.15) is 27.9 Å². The van der Waals surface area contributed by atoms with Gasteiger partial charge in [-0.1, -0.05) is 30.3 Å². The lowest BCUT2D eigenvalue weighted by atomic mass is 10.1. The Balaban J connectivity index is 1.84. The predicted molar refractivity (Wildman–Crippen MR) is 82.9 cm³/mol. The van der Waals surface area contributed by atoms with E-state index in [4.69, 9.17) is 5.73 Å². The molecule has 0 bridgehead atoms. The van der Waals surface area contributed by atoms with Crippen LogP contribution in [0, 0.1) is 6.92 Å². The van der Waals surface area contributed by atoms with Crippen LogP contribution in [0.25, 0.3) is 0 Å². The fraction of sp³-hybridized carbons (Fsp3) is 0.235. The monoisotopic (exact) mass is 268 g/mol. The number of hydrogen-bond donors (Lipinski definition) is 2. The lowest BCUT2D eigenvalue weighted by Crippen LogP contribution is -2.11. The Labute approximate surface area is 119 Å². The van der Waals surface area contributed by atoms with E-state index in [1.807, 2.05) is 25.1 Å². The van der Waals surface area contributed by atoms with Crippen molar-refractivity contribution in [2.24, 2.45) is 5.73 Å². The van der Waals surface area contributed by atoms with Crippen molar-refractivity contribution in [3.05, 3.63) is 65.2 Å². The van der Waals surface area contributed by atoms with E-state index in [-0.39, 0.29) is 5.91 Å². The normalized spacial score (nSPS) is 10.2. The lowest BCUT2D eigenvalue weighted by Gasteiger charge is -2.10. The zero-order valence-corrected chi connectivity index (χ0v) is 11.7. The smallest absolute Gasteiger partial charge is 0.248 e. The first-order valence-electron chi connectivity index (χ1n) is 6.85. The molecule has 20 heavy (non-hydrogen) atoms. The average molecular weight is 268 g/mol. The van der Waals surface area contributed by atoms with Gasteiger partial charge in [-0.15, -0.1) is 0 Å². The first kappa shape index (κ1) is 14.1. The Hall–Kier alpha value is -2.29. The van der Waals surface area contributed by atoms with Gasteiger partial charge in [0.2, 0.25) is 5.91 Å². The molecular weight excluding hydrogens is 248 g/mol. The second kappa shape index (κ2) is 6.75. The number of carbonyl (C=O) groups excluding carboxylic acids is 1. The maximum Gasteiger partial charge on any atom is 0.248 e. The van der Waals surface area contributed by atoms with Crippen LogP contribution in [0.4, 0.5) is 5.69 Å². The van der Waals surface area contributed by atoms with E-state index in [2.05, 4.69) is 29.6 Å². The number of carbonyl (C=O) groups is 1. The van der Waals surface area contributed by atoms with Crippen molar-refractivity contribution in [2.75, 3.05) is 11.9 Å². The van der Waals surface area contributed by atoms with E-state index in [9.17, 15) is 4.79 Å². The topological polar surface area (TPSA) is 55.1 Å². The van der Waals surface area contributed by atoms with Gasteiger partial charge >= 0.3 is 0 Å². The molecule has 0 atom stereocenters. The van der Waals surface area contributed by atoms with Crippen LogP contribution < -0.4 is 11.1 Å². The van der Waals surface area contributed by atoms with Crippen molar-refractivity contribution in [3.63, 3.8) is 0 Å². The summed E-state index contributed by atoms with van der Waals surface area (Å²) in [7, 11) is 0. The van der Waals surface area contributed by atoms with Crippen LogP contribution in [-0.2, 0) is 6.42 Å². The fourth-order valence-electron chi connectivity index (χ4n) is 2.18. The van der Waals surface area contributed by atoms with E-state index < -0.39 is 0 Å². The molecule has 0 radical (unpaired) electrons. The number of aryl methyl sites for hydroxylation is 2. The molecule has 0 saturated heterocycles. The minimum Gasteiger partial charge on any atom is -0.385 e. The van der Waals surface area contributed by atoms with E-state index in [0.29, 0.717) is 5.56 Å². The van der Waals surface area contributed by atoms with Crippen molar-refractivity contribution in [1.82, 2.24) is 0 Å². The molecule has 0 aliphatic rings. The molecule has 2 aromatic rings. The quantitative estimate of drug-likeness (QED) is 0.791. The summed E-state index contributed by atoms with van der Waals surface area (Å²) in [5.74, 6) is -0.385. The minimum atomic E-state index is -0.385. The Morgan fingerprint density at radius 3 is 2.55 bits per heavy atom. The zero-order valence-electron chi connectivity index (χ0n) is 11.7. The van der Waals surface area contributed by atoms with Gasteiger partial charge in [0.15, 0.2) is 0 Å². The number of nitrogens with one attached hydrogen (secondary N) is 1. The highest BCUT2D eigenvalue weighted by atomic mass is 16.1. The summed E-state index contributed by atoms with van der Waals surface area (Å²) >= 11 is 0. The summed E-state index contributed by atoms with van der Waals surface area (Å²) < 4.78 is 0. The summed E-state index contributed by atoms with van der Waals surface area (Å²) in [5.41, 5.74) is 9.27. The molecule has 0 aromatic heterocycles. The van der Waals surface area contributed by atoms with Crippen LogP contribution in [0.2, 0.25) is 0 Å². The number of rotatable bonds is 6. The summed E-state index contributed by atoms with van der Waals surface area (Å²) in [6.45, 7) is 2.89. The van der Waals surface area contributed by atoms with E-state index in [1.54, 1.807) is 6.07 Å². The number of amides is 1. The first-order chi connectivity index (χ1) is 9.66. The van der Waals surface area contributed by atoms with Crippen molar-refractivity contribution in [2.45, 2.75) is 19.8 Å². The Morgan fingerprint density at radius 1 is 1.15 bits per heavy atom. The third-order valence-electron chi connectivity index (χ3n) is 3.31. The molecule has 1 amide bonds. The highest BCUT2D eigenvalue weighted by Crippen LogP contribution is 2.16. The van der Waals surface area contributed by atoms with Gasteiger partial charge in [-0.2, -0.15) is 0 Å². The Morgan fingerprint density at radius 2 is 1.90 bits per heavy atom. The van der Waals surface area contributed by atoms with Crippen LogP contribution in [0.5, 0.6) is 0 Å². The SMILES string of the molecule is Cc1cc(C(N)=O)ccc1NCCCc1ccccc1. The molecule has 0 spiro atoms. The van der Waals surface area contributed by atoms with Gasteiger partial charge in [-0.05, 0) is 49.1 Å². The molecule has 0 heterocycles. The van der Waals surface area contributed by atoms with Gasteiger partial charge in [0.25, 0.3) is 0 Å². The summed E-state index contributed by atoms with van der Waals surface area (Å²) in [5, 5.41) is 3.40. The average Bonchev–Trinajstić information content (AvgIpc) is 2.46. The number of nitrogens with two attached hydrogens (primary N) is 1. The molecule has 2 rings (SSSR count). The van der Waals surface area contributed by atoms with Crippen molar-refractivity contribution in [1.29, 1.82) is 0 Å². The molecule has 3 N–H and O–H groups in total. The fourth-order valence-corrected chi connectivity index (χ4v) is 2.18. The Bertz CT molecular complexity index is 579. The van der Waals surface area contributed by atoms with Gasteiger partial charge in [0, 0.05) is 17.8 Å². The molecule has 0 unspecified atom stereocenters. The highest BCUT2D eigenvalue weighted by Gasteiger charge is 2.03. The van der Waals surface area contributed by atoms with Gasteiger partial charge in [0.05, 0.1) is 0 Å². The maximum absolute atomic E-state index is 11.1. The van der Waals surface area contributed by atoms with Crippen LogP contribution in [0.3, 0.4) is 0 Å². The standard InChI is InChI=1S/C17H20N2O/c1-13-12-15(17(18)20)9-10-16(13)19-11-5-8-14-6-3-2-4-7-14/h2-4,6-7,9-10,12,19H,5,8,11H2,1H3,(H2,18,20). The molecule has 0 aliphatic carbocycles. The third-order valence-corrected chi connectivity index (χ3v) is 3.31. The number of primary amides is 1. The van der Waals surface area contributed by atoms with Crippen molar-refractivity contribution in [3.8, 4) is 0 Å². The number of hydrogen-bond acceptors (Lipinski definition) is 2. The van der Waals surface area contributed by atoms with Gasteiger partial charge in [0.1, 0.15) is 0 Å². The molecular formula is C17H20N2O. The molecule has 0 aliphatic heterocycles. The molecule has 0 fully saturated rings. The number of anilines is 1. The predicted octanol–water partition coefficient (Wildman–Crippen LogP) is 3.14. The minimum absolute atomic E-state index is 0.385. The molecule has 3 nitrogen and oxygen atoms in total. The van der Waals surface area contributed by atoms with Crippen LogP contribution in [-0.4, -0.2) is 12.5 Å². The lowest BCUT2D eigenvalue weighted by molar-refractivity contribution is 0.1000. The van der Waals surface area contributed by atoms with Gasteiger partial charge < -0.3 is 11.1 Å². The maximum atomic E-state index is 11.1. The molecule has 0 saturated carbocycles. The number of benzene rings is 2. The van der Waals surface area contributed by atoms with E-state index in [0.717, 1.165) is 30.6 Å². The van der Waals surface area contributed by atoms with Crippen LogP contribution >= 0.6 is 0 Å². The second-order valence-electron chi connectivity index (χ2n) is 4.91.